The van der Waals surface area contributed by atoms with E-state index in [1.54, 1.807) is 6.20 Å². The van der Waals surface area contributed by atoms with Crippen molar-refractivity contribution >= 4 is 17.2 Å². The third-order valence-corrected chi connectivity index (χ3v) is 2.76. The molecule has 1 aliphatic heterocycles. The van der Waals surface area contributed by atoms with Crippen molar-refractivity contribution in [2.24, 2.45) is 0 Å². The molecule has 2 aromatic heterocycles. The summed E-state index contributed by atoms with van der Waals surface area (Å²) in [5, 5.41) is 6.63. The van der Waals surface area contributed by atoms with Gasteiger partial charge in [-0.05, 0) is 25.9 Å². The Labute approximate surface area is 92.5 Å². The van der Waals surface area contributed by atoms with Crippen molar-refractivity contribution in [3.8, 4) is 0 Å². The molecule has 6 heteroatoms. The van der Waals surface area contributed by atoms with Gasteiger partial charge >= 0.3 is 0 Å². The first-order chi connectivity index (χ1) is 7.92. The summed E-state index contributed by atoms with van der Waals surface area (Å²) in [5.74, 6) is 0.621. The molecule has 6 nitrogen and oxygen atoms in total. The number of nitrogens with zero attached hydrogens (tertiary/aromatic N) is 3. The van der Waals surface area contributed by atoms with Gasteiger partial charge in [-0.25, -0.2) is 9.97 Å². The second-order valence-electron chi connectivity index (χ2n) is 3.90. The topological polar surface area (TPSA) is 75.9 Å². The van der Waals surface area contributed by atoms with E-state index in [9.17, 15) is 0 Å². The fourth-order valence-corrected chi connectivity index (χ4v) is 1.89. The van der Waals surface area contributed by atoms with Crippen LogP contribution in [0, 0.1) is 0 Å². The van der Waals surface area contributed by atoms with Crippen molar-refractivity contribution in [1.82, 2.24) is 20.3 Å². The normalized spacial score (nSPS) is 17.8. The minimum atomic E-state index is 0.446. The van der Waals surface area contributed by atoms with Crippen molar-refractivity contribution in [2.45, 2.75) is 18.9 Å². The van der Waals surface area contributed by atoms with Gasteiger partial charge in [-0.3, -0.25) is 0 Å². The van der Waals surface area contributed by atoms with Gasteiger partial charge in [-0.15, -0.1) is 0 Å². The molecule has 1 aliphatic rings. The molecule has 3 heterocycles. The van der Waals surface area contributed by atoms with Crippen LogP contribution in [0.3, 0.4) is 0 Å². The van der Waals surface area contributed by atoms with E-state index in [4.69, 9.17) is 4.42 Å². The summed E-state index contributed by atoms with van der Waals surface area (Å²) in [4.78, 5) is 12.4. The zero-order valence-electron chi connectivity index (χ0n) is 8.81. The van der Waals surface area contributed by atoms with Crippen LogP contribution in [-0.2, 0) is 0 Å². The maximum Gasteiger partial charge on any atom is 0.251 e. The molecule has 0 unspecified atom stereocenters. The van der Waals surface area contributed by atoms with Crippen molar-refractivity contribution < 1.29 is 4.42 Å². The highest BCUT2D eigenvalue weighted by Gasteiger charge is 2.14. The minimum Gasteiger partial charge on any atom is -0.425 e. The number of fused-ring (bicyclic) bond motifs is 1. The lowest BCUT2D eigenvalue weighted by molar-refractivity contribution is 0.477. The van der Waals surface area contributed by atoms with Gasteiger partial charge in [0, 0.05) is 6.04 Å². The molecule has 0 atom stereocenters. The Morgan fingerprint density at radius 1 is 1.31 bits per heavy atom. The summed E-state index contributed by atoms with van der Waals surface area (Å²) in [6, 6.07) is 0.446. The van der Waals surface area contributed by atoms with Crippen molar-refractivity contribution in [2.75, 3.05) is 18.4 Å². The molecule has 0 saturated carbocycles. The predicted molar refractivity (Wildman–Crippen MR) is 59.1 cm³/mol. The second kappa shape index (κ2) is 4.05. The molecule has 3 rings (SSSR count). The fourth-order valence-electron chi connectivity index (χ4n) is 1.89. The molecule has 84 valence electrons. The van der Waals surface area contributed by atoms with Crippen LogP contribution in [0.15, 0.2) is 17.0 Å². The molecule has 0 aromatic carbocycles. The number of hydrogen-bond acceptors (Lipinski definition) is 6. The van der Waals surface area contributed by atoms with Crippen LogP contribution < -0.4 is 10.6 Å². The maximum atomic E-state index is 5.13. The highest BCUT2D eigenvalue weighted by atomic mass is 16.3. The third kappa shape index (κ3) is 1.83. The molecule has 0 aliphatic carbocycles. The van der Waals surface area contributed by atoms with Crippen LogP contribution in [0.25, 0.3) is 11.2 Å². The summed E-state index contributed by atoms with van der Waals surface area (Å²) < 4.78 is 5.13. The van der Waals surface area contributed by atoms with E-state index < -0.39 is 0 Å². The first-order valence-electron chi connectivity index (χ1n) is 5.45. The number of oxazole rings is 1. The first-order valence-corrected chi connectivity index (χ1v) is 5.45. The Bertz CT molecular complexity index is 477. The quantitative estimate of drug-likeness (QED) is 0.777. The second-order valence-corrected chi connectivity index (χ2v) is 3.90. The van der Waals surface area contributed by atoms with E-state index in [0.29, 0.717) is 23.2 Å². The molecule has 1 saturated heterocycles. The van der Waals surface area contributed by atoms with Crippen LogP contribution >= 0.6 is 0 Å². The molecule has 0 bridgehead atoms. The monoisotopic (exact) mass is 219 g/mol. The van der Waals surface area contributed by atoms with E-state index in [2.05, 4.69) is 25.6 Å². The summed E-state index contributed by atoms with van der Waals surface area (Å²) in [7, 11) is 0. The van der Waals surface area contributed by atoms with Gasteiger partial charge in [0.25, 0.3) is 5.71 Å². The van der Waals surface area contributed by atoms with E-state index in [-0.39, 0.29) is 0 Å². The number of aromatic nitrogens is 3. The van der Waals surface area contributed by atoms with Crippen LogP contribution in [0.5, 0.6) is 0 Å². The highest BCUT2D eigenvalue weighted by Crippen LogP contribution is 2.13. The SMILES string of the molecule is c1nc2cnc(NC3CCNCC3)nc2o1. The zero-order chi connectivity index (χ0) is 10.8. The Kier molecular flexibility index (Phi) is 2.41. The van der Waals surface area contributed by atoms with Gasteiger partial charge in [-0.2, -0.15) is 4.98 Å². The van der Waals surface area contributed by atoms with Crippen molar-refractivity contribution in [3.63, 3.8) is 0 Å². The number of nitrogens with one attached hydrogen (secondary N) is 2. The molecular formula is C10H13N5O. The van der Waals surface area contributed by atoms with E-state index in [0.717, 1.165) is 25.9 Å². The standard InChI is InChI=1S/C10H13N5O/c1-3-11-4-2-7(1)14-10-12-5-8-9(15-10)16-6-13-8/h5-7,11H,1-4H2,(H,12,14,15). The molecule has 0 radical (unpaired) electrons. The molecule has 1 fully saturated rings. The van der Waals surface area contributed by atoms with E-state index in [1.165, 1.54) is 6.39 Å². The summed E-state index contributed by atoms with van der Waals surface area (Å²) in [5.41, 5.74) is 1.22. The smallest absolute Gasteiger partial charge is 0.251 e. The van der Waals surface area contributed by atoms with Gasteiger partial charge in [0.1, 0.15) is 5.52 Å². The minimum absolute atomic E-state index is 0.446. The average molecular weight is 219 g/mol. The molecule has 16 heavy (non-hydrogen) atoms. The third-order valence-electron chi connectivity index (χ3n) is 2.76. The lowest BCUT2D eigenvalue weighted by Gasteiger charge is -2.23. The summed E-state index contributed by atoms with van der Waals surface area (Å²) in [6.45, 7) is 2.09. The van der Waals surface area contributed by atoms with Gasteiger partial charge in [0.2, 0.25) is 5.95 Å². The molecule has 0 amide bonds. The van der Waals surface area contributed by atoms with Gasteiger partial charge < -0.3 is 15.1 Å². The number of anilines is 1. The van der Waals surface area contributed by atoms with Crippen LogP contribution in [0.1, 0.15) is 12.8 Å². The van der Waals surface area contributed by atoms with Gasteiger partial charge in [0.05, 0.1) is 6.20 Å². The highest BCUT2D eigenvalue weighted by molar-refractivity contribution is 5.67. The van der Waals surface area contributed by atoms with Crippen molar-refractivity contribution in [3.05, 3.63) is 12.6 Å². The molecule has 2 N–H and O–H groups in total. The Hall–Kier alpha value is -1.69. The van der Waals surface area contributed by atoms with Gasteiger partial charge in [-0.1, -0.05) is 0 Å². The van der Waals surface area contributed by atoms with E-state index >= 15 is 0 Å². The van der Waals surface area contributed by atoms with Crippen LogP contribution in [0.2, 0.25) is 0 Å². The lowest BCUT2D eigenvalue weighted by atomic mass is 10.1. The predicted octanol–water partition coefficient (Wildman–Crippen LogP) is 0.782. The Morgan fingerprint density at radius 2 is 2.19 bits per heavy atom. The van der Waals surface area contributed by atoms with Gasteiger partial charge in [0.15, 0.2) is 6.39 Å². The summed E-state index contributed by atoms with van der Waals surface area (Å²) >= 11 is 0. The lowest BCUT2D eigenvalue weighted by Crippen LogP contribution is -2.35. The molecule has 0 spiro atoms. The zero-order valence-corrected chi connectivity index (χ0v) is 8.81. The van der Waals surface area contributed by atoms with Crippen molar-refractivity contribution in [1.29, 1.82) is 0 Å². The molecule has 2 aromatic rings. The number of piperidine rings is 1. The number of hydrogen-bond donors (Lipinski definition) is 2. The van der Waals surface area contributed by atoms with Crippen LogP contribution in [0.4, 0.5) is 5.95 Å². The summed E-state index contributed by atoms with van der Waals surface area (Å²) in [6.07, 6.45) is 5.25. The molecular weight excluding hydrogens is 206 g/mol. The maximum absolute atomic E-state index is 5.13. The van der Waals surface area contributed by atoms with E-state index in [1.807, 2.05) is 0 Å². The Morgan fingerprint density at radius 3 is 3.06 bits per heavy atom. The Balaban J connectivity index is 1.77. The van der Waals surface area contributed by atoms with Crippen LogP contribution in [-0.4, -0.2) is 34.1 Å². The largest absolute Gasteiger partial charge is 0.425 e. The fraction of sp³-hybridized carbons (Fsp3) is 0.500. The average Bonchev–Trinajstić information content (AvgIpc) is 2.77. The number of rotatable bonds is 2. The first kappa shape index (κ1) is 9.53.